The zero-order valence-electron chi connectivity index (χ0n) is 44.3. The number of nitrogens with zero attached hydrogens (tertiary/aromatic N) is 4. The molecule has 2 bridgehead atoms. The van der Waals surface area contributed by atoms with Gasteiger partial charge < -0.3 is 53.6 Å². The van der Waals surface area contributed by atoms with Gasteiger partial charge in [0.15, 0.2) is 5.78 Å². The molecule has 72 heavy (non-hydrogen) atoms. The molecule has 1 amide bonds. The van der Waals surface area contributed by atoms with Crippen molar-refractivity contribution >= 4 is 23.4 Å². The molecule has 4 aliphatic rings. The number of rotatable bonds is 10. The molecule has 5 rings (SSSR count). The first-order chi connectivity index (χ1) is 34.3. The molecule has 4 heterocycles. The molecule has 0 aromatic carbocycles. The van der Waals surface area contributed by atoms with Crippen molar-refractivity contribution in [2.24, 2.45) is 35.5 Å². The average Bonchev–Trinajstić information content (AvgIpc) is 3.89. The lowest BCUT2D eigenvalue weighted by Crippen LogP contribution is -2.61. The van der Waals surface area contributed by atoms with Crippen LogP contribution in [-0.2, 0) is 49.4 Å². The number of cyclic esters (lactones) is 1. The number of ketones is 2. The number of carbonyl (C=O) groups is 4. The van der Waals surface area contributed by atoms with Crippen LogP contribution in [0.2, 0.25) is 0 Å². The number of hydrogen-bond acceptors (Lipinski definition) is 15. The maximum atomic E-state index is 14.5. The first kappa shape index (κ1) is 58.9. The van der Waals surface area contributed by atoms with Gasteiger partial charge in [0.1, 0.15) is 37.0 Å². The van der Waals surface area contributed by atoms with E-state index in [0.29, 0.717) is 82.9 Å². The van der Waals surface area contributed by atoms with Crippen molar-refractivity contribution in [3.05, 3.63) is 60.3 Å². The highest BCUT2D eigenvalue weighted by Crippen LogP contribution is 2.38. The predicted octanol–water partition coefficient (Wildman–Crippen LogP) is 6.02. The third kappa shape index (κ3) is 16.0. The summed E-state index contributed by atoms with van der Waals surface area (Å²) in [4.78, 5) is 58.5. The quantitative estimate of drug-likeness (QED) is 0.0909. The fraction of sp³-hybridized carbons (Fsp3) is 0.745. The van der Waals surface area contributed by atoms with Gasteiger partial charge in [0.25, 0.3) is 11.7 Å². The number of piperidine rings is 1. The van der Waals surface area contributed by atoms with Crippen LogP contribution in [0.25, 0.3) is 0 Å². The van der Waals surface area contributed by atoms with Crippen molar-refractivity contribution in [1.29, 1.82) is 0 Å². The van der Waals surface area contributed by atoms with Crippen LogP contribution in [0, 0.1) is 35.5 Å². The highest BCUT2D eigenvalue weighted by Gasteiger charge is 2.53. The van der Waals surface area contributed by atoms with Crippen LogP contribution in [-0.4, -0.2) is 152 Å². The van der Waals surface area contributed by atoms with Crippen LogP contribution in [0.15, 0.2) is 60.3 Å². The third-order valence-corrected chi connectivity index (χ3v) is 15.7. The Morgan fingerprint density at radius 3 is 2.29 bits per heavy atom. The molecule has 0 spiro atoms. The minimum absolute atomic E-state index is 0.00781. The Balaban J connectivity index is 1.47. The Labute approximate surface area is 427 Å². The monoisotopic (exact) mass is 1010 g/mol. The molecule has 1 aromatic rings. The van der Waals surface area contributed by atoms with Gasteiger partial charge in [0.2, 0.25) is 5.79 Å². The van der Waals surface area contributed by atoms with Crippen LogP contribution in [0.5, 0.6) is 0 Å². The molecule has 1 unspecified atom stereocenters. The summed E-state index contributed by atoms with van der Waals surface area (Å²) in [5.74, 6) is -7.45. The number of aliphatic hydroxyl groups is 4. The first-order valence-electron chi connectivity index (χ1n) is 26.5. The first-order valence-corrected chi connectivity index (χ1v) is 26.5. The molecule has 17 nitrogen and oxygen atoms in total. The van der Waals surface area contributed by atoms with E-state index in [0.717, 1.165) is 12.0 Å². The number of ether oxygens (including phenoxy) is 5. The normalized spacial score (nSPS) is 38.7. The molecule has 1 saturated carbocycles. The van der Waals surface area contributed by atoms with Gasteiger partial charge in [-0.2, -0.15) is 0 Å². The molecule has 4 N–H and O–H groups in total. The predicted molar refractivity (Wildman–Crippen MR) is 270 cm³/mol. The molecule has 17 heteroatoms. The summed E-state index contributed by atoms with van der Waals surface area (Å²) in [5.41, 5.74) is 1.32. The molecular weight excluding hydrogens is 925 g/mol. The largest absolute Gasteiger partial charge is 0.460 e. The molecule has 3 fully saturated rings. The SMILES string of the molecule is CO[C@@H]1C[C@H](C[C@@H](C)[C@@H]2CC(O)[C@H](C)/C=C(\C)[C@@H](O)[C@@H](OC)C(=O)[C@H](C)C[C@H](C)/C=C/C=C/C=C(\C)[C@H](OCCCn3cnnc3)C[C@@H]3CC[C@@H](C)[C@@](O)(O3)C(=O)C(=O)N3CCCC[C@H]3C(=O)O2)CC[C@H]1O. The molecule has 1 aliphatic carbocycles. The van der Waals surface area contributed by atoms with Gasteiger partial charge in [0.05, 0.1) is 30.5 Å². The fourth-order valence-corrected chi connectivity index (χ4v) is 11.0. The fourth-order valence-electron chi connectivity index (χ4n) is 11.0. The standard InChI is InChI=1S/C55H86N4O13/c1-34-16-11-10-12-17-35(2)46(70-25-15-23-58-32-56-57-33-58)30-42-21-19-40(7)55(67,72-42)52(64)53(65)59-24-14-13-18-43(59)54(66)71-47(37(4)28-41-20-22-44(60)48(29-41)68-8)31-45(61)36(3)27-39(6)50(63)51(69-9)49(62)38(5)26-34/h10-12,16-17,27,32-34,36-38,40-48,50-51,60-61,63,67H,13-15,18-26,28-31H2,1-9H3/b12-10+,16-11+,35-17+,39-27+/t34-,36-,37-,38-,40-,41+,42+,43+,44-,45?,46-,47+,48-,50-,51+,55-/m1/s1. The second-order valence-electron chi connectivity index (χ2n) is 21.5. The van der Waals surface area contributed by atoms with E-state index < -0.39 is 90.0 Å². The molecule has 404 valence electrons. The molecule has 0 radical (unpaired) electrons. The smallest absolute Gasteiger partial charge is 0.329 e. The van der Waals surface area contributed by atoms with E-state index in [9.17, 15) is 39.6 Å². The van der Waals surface area contributed by atoms with E-state index in [-0.39, 0.29) is 49.0 Å². The zero-order chi connectivity index (χ0) is 52.7. The number of hydrogen-bond donors (Lipinski definition) is 4. The number of fused-ring (bicyclic) bond motifs is 3. The maximum absolute atomic E-state index is 14.5. The van der Waals surface area contributed by atoms with Gasteiger partial charge >= 0.3 is 5.97 Å². The molecule has 1 aromatic heterocycles. The van der Waals surface area contributed by atoms with Crippen molar-refractivity contribution in [2.75, 3.05) is 27.4 Å². The van der Waals surface area contributed by atoms with E-state index in [2.05, 4.69) is 10.2 Å². The second-order valence-corrected chi connectivity index (χ2v) is 21.5. The van der Waals surface area contributed by atoms with E-state index in [1.807, 2.05) is 62.6 Å². The third-order valence-electron chi connectivity index (χ3n) is 15.7. The summed E-state index contributed by atoms with van der Waals surface area (Å²) >= 11 is 0. The van der Waals surface area contributed by atoms with E-state index in [1.165, 1.54) is 12.0 Å². The van der Waals surface area contributed by atoms with Crippen molar-refractivity contribution in [1.82, 2.24) is 19.7 Å². The van der Waals surface area contributed by atoms with Crippen molar-refractivity contribution in [3.8, 4) is 0 Å². The minimum Gasteiger partial charge on any atom is -0.460 e. The van der Waals surface area contributed by atoms with Gasteiger partial charge in [-0.3, -0.25) is 14.4 Å². The van der Waals surface area contributed by atoms with Crippen molar-refractivity contribution in [3.63, 3.8) is 0 Å². The summed E-state index contributed by atoms with van der Waals surface area (Å²) in [5, 5.41) is 53.8. The van der Waals surface area contributed by atoms with Crippen LogP contribution < -0.4 is 0 Å². The number of aromatic nitrogens is 3. The second kappa shape index (κ2) is 28.1. The zero-order valence-corrected chi connectivity index (χ0v) is 44.3. The Morgan fingerprint density at radius 1 is 0.847 bits per heavy atom. The summed E-state index contributed by atoms with van der Waals surface area (Å²) < 4.78 is 32.2. The van der Waals surface area contributed by atoms with Crippen molar-refractivity contribution < 1.29 is 63.3 Å². The Hall–Kier alpha value is -3.94. The van der Waals surface area contributed by atoms with Gasteiger partial charge in [-0.1, -0.05) is 71.1 Å². The van der Waals surface area contributed by atoms with Gasteiger partial charge in [0, 0.05) is 64.5 Å². The van der Waals surface area contributed by atoms with Crippen LogP contribution in [0.3, 0.4) is 0 Å². The Morgan fingerprint density at radius 2 is 1.58 bits per heavy atom. The lowest BCUT2D eigenvalue weighted by Gasteiger charge is -2.43. The lowest BCUT2D eigenvalue weighted by atomic mass is 9.78. The van der Waals surface area contributed by atoms with Crippen LogP contribution >= 0.6 is 0 Å². The maximum Gasteiger partial charge on any atom is 0.329 e. The molecule has 2 saturated heterocycles. The highest BCUT2D eigenvalue weighted by molar-refractivity contribution is 6.39. The summed E-state index contributed by atoms with van der Waals surface area (Å²) in [6, 6.07) is -1.13. The van der Waals surface area contributed by atoms with E-state index in [1.54, 1.807) is 46.6 Å². The molecule has 3 aliphatic heterocycles. The Bertz CT molecular complexity index is 2020. The number of carbonyl (C=O) groups excluding carboxylic acids is 4. The van der Waals surface area contributed by atoms with Gasteiger partial charge in [-0.15, -0.1) is 10.2 Å². The minimum atomic E-state index is -2.46. The van der Waals surface area contributed by atoms with E-state index >= 15 is 0 Å². The number of aryl methyl sites for hydroxylation is 1. The highest BCUT2D eigenvalue weighted by atomic mass is 16.6. The number of Topliss-reactive ketones (excluding diaryl/α,β-unsaturated/α-hetero) is 2. The van der Waals surface area contributed by atoms with E-state index in [4.69, 9.17) is 23.7 Å². The average molecular weight is 1010 g/mol. The number of allylic oxidation sites excluding steroid dienone is 5. The summed E-state index contributed by atoms with van der Waals surface area (Å²) in [6.07, 6.45) is 14.5. The topological polar surface area (TPSA) is 229 Å². The van der Waals surface area contributed by atoms with Crippen LogP contribution in [0.4, 0.5) is 0 Å². The number of amides is 1. The summed E-state index contributed by atoms with van der Waals surface area (Å²) in [6.45, 7) is 14.0. The molecule has 16 atom stereocenters. The summed E-state index contributed by atoms with van der Waals surface area (Å²) in [7, 11) is 2.97. The number of methoxy groups -OCH3 is 2. The number of aliphatic hydroxyl groups excluding tert-OH is 3. The van der Waals surface area contributed by atoms with Crippen LogP contribution in [0.1, 0.15) is 132 Å². The number of esters is 1. The van der Waals surface area contributed by atoms with Crippen molar-refractivity contribution in [2.45, 2.75) is 199 Å². The lowest BCUT2D eigenvalue weighted by molar-refractivity contribution is -0.266. The Kier molecular flexibility index (Phi) is 23.0. The molecular formula is C55H86N4O13. The van der Waals surface area contributed by atoms with Gasteiger partial charge in [-0.05, 0) is 113 Å². The van der Waals surface area contributed by atoms with Gasteiger partial charge in [-0.25, -0.2) is 4.79 Å².